The monoisotopic (exact) mass is 352 g/mol. The van der Waals surface area contributed by atoms with Gasteiger partial charge < -0.3 is 15.4 Å². The van der Waals surface area contributed by atoms with Crippen LogP contribution < -0.4 is 10.6 Å². The van der Waals surface area contributed by atoms with Gasteiger partial charge in [-0.3, -0.25) is 9.89 Å². The third kappa shape index (κ3) is 6.07. The summed E-state index contributed by atoms with van der Waals surface area (Å²) in [6.45, 7) is 10.1. The lowest BCUT2D eigenvalue weighted by Gasteiger charge is -2.32. The predicted molar refractivity (Wildman–Crippen MR) is 103 cm³/mol. The van der Waals surface area contributed by atoms with Crippen molar-refractivity contribution in [2.75, 3.05) is 39.9 Å². The number of ether oxygens (including phenoxy) is 1. The largest absolute Gasteiger partial charge is 0.382 e. The van der Waals surface area contributed by atoms with Crippen LogP contribution in [-0.4, -0.2) is 56.8 Å². The first-order chi connectivity index (χ1) is 11.7. The highest BCUT2D eigenvalue weighted by atomic mass is 32.1. The SMILES string of the molecule is CCOCCCCNC(=NC)NCC(C)N1CCc2sccc2C1. The Morgan fingerprint density at radius 1 is 1.42 bits per heavy atom. The zero-order valence-corrected chi connectivity index (χ0v) is 16.1. The fraction of sp³-hybridized carbons (Fsp3) is 0.722. The van der Waals surface area contributed by atoms with Crippen LogP contribution in [0, 0.1) is 0 Å². The Kier molecular flexibility index (Phi) is 8.56. The molecule has 1 aromatic rings. The van der Waals surface area contributed by atoms with Crippen molar-refractivity contribution in [3.05, 3.63) is 21.9 Å². The third-order valence-electron chi connectivity index (χ3n) is 4.46. The molecular weight excluding hydrogens is 320 g/mol. The lowest BCUT2D eigenvalue weighted by molar-refractivity contribution is 0.143. The number of rotatable bonds is 9. The molecule has 136 valence electrons. The maximum absolute atomic E-state index is 5.35. The molecule has 1 unspecified atom stereocenters. The van der Waals surface area contributed by atoms with E-state index in [1.165, 1.54) is 12.0 Å². The minimum Gasteiger partial charge on any atom is -0.382 e. The molecule has 0 saturated carbocycles. The molecule has 5 nitrogen and oxygen atoms in total. The lowest BCUT2D eigenvalue weighted by atomic mass is 10.1. The molecule has 0 bridgehead atoms. The van der Waals surface area contributed by atoms with E-state index < -0.39 is 0 Å². The van der Waals surface area contributed by atoms with E-state index in [9.17, 15) is 0 Å². The van der Waals surface area contributed by atoms with Gasteiger partial charge in [0.1, 0.15) is 0 Å². The standard InChI is InChI=1S/C18H32N4OS/c1-4-23-11-6-5-9-20-18(19-3)21-13-15(2)22-10-7-17-16(14-22)8-12-24-17/h8,12,15H,4-7,9-11,13-14H2,1-3H3,(H2,19,20,21). The summed E-state index contributed by atoms with van der Waals surface area (Å²) < 4.78 is 5.35. The fourth-order valence-corrected chi connectivity index (χ4v) is 3.81. The van der Waals surface area contributed by atoms with Crippen LogP contribution in [0.4, 0.5) is 0 Å². The second-order valence-corrected chi connectivity index (χ2v) is 7.22. The Labute approximate surface area is 150 Å². The molecular formula is C18H32N4OS. The van der Waals surface area contributed by atoms with Gasteiger partial charge in [-0.05, 0) is 50.1 Å². The number of guanidine groups is 1. The van der Waals surface area contributed by atoms with Gasteiger partial charge in [-0.15, -0.1) is 11.3 Å². The minimum absolute atomic E-state index is 0.495. The van der Waals surface area contributed by atoms with Gasteiger partial charge in [0.2, 0.25) is 0 Å². The predicted octanol–water partition coefficient (Wildman–Crippen LogP) is 2.48. The summed E-state index contributed by atoms with van der Waals surface area (Å²) in [6, 6.07) is 2.77. The molecule has 1 aromatic heterocycles. The van der Waals surface area contributed by atoms with E-state index >= 15 is 0 Å². The topological polar surface area (TPSA) is 48.9 Å². The van der Waals surface area contributed by atoms with Crippen LogP contribution in [0.15, 0.2) is 16.4 Å². The van der Waals surface area contributed by atoms with Crippen molar-refractivity contribution in [2.45, 2.75) is 45.7 Å². The van der Waals surface area contributed by atoms with E-state index in [1.807, 2.05) is 25.3 Å². The summed E-state index contributed by atoms with van der Waals surface area (Å²) >= 11 is 1.90. The molecule has 0 amide bonds. The Bertz CT molecular complexity index is 503. The molecule has 0 aliphatic carbocycles. The van der Waals surface area contributed by atoms with Crippen LogP contribution in [0.3, 0.4) is 0 Å². The van der Waals surface area contributed by atoms with Crippen molar-refractivity contribution in [2.24, 2.45) is 4.99 Å². The van der Waals surface area contributed by atoms with Crippen molar-refractivity contribution in [1.29, 1.82) is 0 Å². The highest BCUT2D eigenvalue weighted by Crippen LogP contribution is 2.24. The number of hydrogen-bond donors (Lipinski definition) is 2. The highest BCUT2D eigenvalue weighted by Gasteiger charge is 2.21. The summed E-state index contributed by atoms with van der Waals surface area (Å²) in [4.78, 5) is 8.43. The van der Waals surface area contributed by atoms with Gasteiger partial charge in [0.15, 0.2) is 5.96 Å². The number of nitrogens with zero attached hydrogens (tertiary/aromatic N) is 2. The van der Waals surface area contributed by atoms with Crippen LogP contribution >= 0.6 is 11.3 Å². The van der Waals surface area contributed by atoms with E-state index in [-0.39, 0.29) is 0 Å². The van der Waals surface area contributed by atoms with Crippen molar-refractivity contribution >= 4 is 17.3 Å². The Morgan fingerprint density at radius 3 is 3.08 bits per heavy atom. The van der Waals surface area contributed by atoms with Crippen molar-refractivity contribution in [3.8, 4) is 0 Å². The quantitative estimate of drug-likeness (QED) is 0.407. The van der Waals surface area contributed by atoms with Crippen molar-refractivity contribution in [1.82, 2.24) is 15.5 Å². The average Bonchev–Trinajstić information content (AvgIpc) is 3.07. The molecule has 0 radical (unpaired) electrons. The first-order valence-corrected chi connectivity index (χ1v) is 9.94. The molecule has 2 N–H and O–H groups in total. The van der Waals surface area contributed by atoms with Gasteiger partial charge in [0.25, 0.3) is 0 Å². The Hall–Kier alpha value is -1.11. The minimum atomic E-state index is 0.495. The summed E-state index contributed by atoms with van der Waals surface area (Å²) in [5.41, 5.74) is 1.51. The Morgan fingerprint density at radius 2 is 2.29 bits per heavy atom. The van der Waals surface area contributed by atoms with Crippen molar-refractivity contribution < 1.29 is 4.74 Å². The van der Waals surface area contributed by atoms with Gasteiger partial charge in [0.05, 0.1) is 0 Å². The maximum Gasteiger partial charge on any atom is 0.191 e. The maximum atomic E-state index is 5.35. The fourth-order valence-electron chi connectivity index (χ4n) is 2.92. The average molecular weight is 353 g/mol. The molecule has 2 rings (SSSR count). The zero-order chi connectivity index (χ0) is 17.2. The smallest absolute Gasteiger partial charge is 0.191 e. The van der Waals surface area contributed by atoms with Gasteiger partial charge in [0, 0.05) is 57.4 Å². The molecule has 0 aromatic carbocycles. The first-order valence-electron chi connectivity index (χ1n) is 9.06. The summed E-state index contributed by atoms with van der Waals surface area (Å²) in [6.07, 6.45) is 3.37. The van der Waals surface area contributed by atoms with E-state index in [0.717, 1.165) is 58.2 Å². The normalized spacial score (nSPS) is 16.7. The molecule has 1 aliphatic rings. The molecule has 1 aliphatic heterocycles. The molecule has 1 atom stereocenters. The number of hydrogen-bond acceptors (Lipinski definition) is 4. The second kappa shape index (κ2) is 10.7. The second-order valence-electron chi connectivity index (χ2n) is 6.22. The molecule has 6 heteroatoms. The molecule has 0 fully saturated rings. The van der Waals surface area contributed by atoms with Crippen LogP contribution in [0.1, 0.15) is 37.1 Å². The number of nitrogens with one attached hydrogen (secondary N) is 2. The number of unbranched alkanes of at least 4 members (excludes halogenated alkanes) is 1. The van der Waals surface area contributed by atoms with Gasteiger partial charge in [-0.1, -0.05) is 0 Å². The summed E-state index contributed by atoms with van der Waals surface area (Å²) in [5.74, 6) is 0.895. The number of aliphatic imine (C=N–C) groups is 1. The van der Waals surface area contributed by atoms with Gasteiger partial charge in [-0.2, -0.15) is 0 Å². The third-order valence-corrected chi connectivity index (χ3v) is 5.48. The number of fused-ring (bicyclic) bond motifs is 1. The summed E-state index contributed by atoms with van der Waals surface area (Å²) in [5, 5.41) is 9.05. The van der Waals surface area contributed by atoms with Gasteiger partial charge in [-0.25, -0.2) is 0 Å². The summed E-state index contributed by atoms with van der Waals surface area (Å²) in [7, 11) is 1.83. The zero-order valence-electron chi connectivity index (χ0n) is 15.3. The van der Waals surface area contributed by atoms with E-state index in [1.54, 1.807) is 4.88 Å². The van der Waals surface area contributed by atoms with E-state index in [2.05, 4.69) is 38.9 Å². The van der Waals surface area contributed by atoms with E-state index in [4.69, 9.17) is 4.74 Å². The molecule has 0 saturated heterocycles. The highest BCUT2D eigenvalue weighted by molar-refractivity contribution is 7.10. The van der Waals surface area contributed by atoms with E-state index in [0.29, 0.717) is 6.04 Å². The lowest BCUT2D eigenvalue weighted by Crippen LogP contribution is -2.47. The first kappa shape index (κ1) is 19.2. The number of thiophene rings is 1. The van der Waals surface area contributed by atoms with Gasteiger partial charge >= 0.3 is 0 Å². The van der Waals surface area contributed by atoms with Crippen LogP contribution in [-0.2, 0) is 17.7 Å². The van der Waals surface area contributed by atoms with Crippen LogP contribution in [0.2, 0.25) is 0 Å². The molecule has 0 spiro atoms. The van der Waals surface area contributed by atoms with Crippen molar-refractivity contribution in [3.63, 3.8) is 0 Å². The Balaban J connectivity index is 1.64. The molecule has 24 heavy (non-hydrogen) atoms. The van der Waals surface area contributed by atoms with Crippen LogP contribution in [0.25, 0.3) is 0 Å². The molecule has 2 heterocycles. The van der Waals surface area contributed by atoms with Crippen LogP contribution in [0.5, 0.6) is 0 Å².